The molecule has 0 spiro atoms. The summed E-state index contributed by atoms with van der Waals surface area (Å²) in [7, 11) is 3.61. The van der Waals surface area contributed by atoms with E-state index in [1.54, 1.807) is 17.9 Å². The van der Waals surface area contributed by atoms with Crippen LogP contribution in [0.3, 0.4) is 0 Å². The van der Waals surface area contributed by atoms with Crippen LogP contribution in [0.15, 0.2) is 6.33 Å². The lowest BCUT2D eigenvalue weighted by Crippen LogP contribution is -2.02. The molecule has 68 valence electrons. The van der Waals surface area contributed by atoms with E-state index >= 15 is 0 Å². The number of nitrogens with two attached hydrogens (primary N) is 1. The average molecular weight is 178 g/mol. The average Bonchev–Trinajstić information content (AvgIpc) is 2.48. The fourth-order valence-electron chi connectivity index (χ4n) is 1.14. The normalized spacial score (nSPS) is 10.6. The second-order valence-corrected chi connectivity index (χ2v) is 2.71. The van der Waals surface area contributed by atoms with Crippen LogP contribution >= 0.6 is 0 Å². The quantitative estimate of drug-likeness (QED) is 0.641. The lowest BCUT2D eigenvalue weighted by atomic mass is 10.5. The zero-order valence-electron chi connectivity index (χ0n) is 7.44. The van der Waals surface area contributed by atoms with E-state index in [4.69, 9.17) is 5.73 Å². The Bertz CT molecular complexity index is 445. The number of hydrogen-bond donors (Lipinski definition) is 2. The third kappa shape index (κ3) is 1.07. The maximum Gasteiger partial charge on any atom is 0.226 e. The van der Waals surface area contributed by atoms with Crippen molar-refractivity contribution in [2.24, 2.45) is 7.05 Å². The van der Waals surface area contributed by atoms with Gasteiger partial charge in [0.05, 0.1) is 6.33 Å². The first-order valence-electron chi connectivity index (χ1n) is 3.84. The van der Waals surface area contributed by atoms with Crippen LogP contribution in [0, 0.1) is 0 Å². The minimum Gasteiger partial charge on any atom is -0.382 e. The third-order valence-corrected chi connectivity index (χ3v) is 1.81. The topological polar surface area (TPSA) is 81.6 Å². The van der Waals surface area contributed by atoms with Crippen LogP contribution < -0.4 is 11.1 Å². The van der Waals surface area contributed by atoms with Crippen molar-refractivity contribution in [3.63, 3.8) is 0 Å². The van der Waals surface area contributed by atoms with Gasteiger partial charge in [-0.15, -0.1) is 0 Å². The summed E-state index contributed by atoms with van der Waals surface area (Å²) in [4.78, 5) is 12.3. The molecule has 0 aliphatic rings. The molecular weight excluding hydrogens is 168 g/mol. The molecule has 2 aromatic heterocycles. The molecule has 0 amide bonds. The summed E-state index contributed by atoms with van der Waals surface area (Å²) in [6.45, 7) is 0. The number of aromatic nitrogens is 4. The van der Waals surface area contributed by atoms with E-state index in [1.165, 1.54) is 0 Å². The first kappa shape index (κ1) is 7.78. The highest BCUT2D eigenvalue weighted by molar-refractivity contribution is 5.82. The van der Waals surface area contributed by atoms with Crippen LogP contribution in [0.4, 0.5) is 11.8 Å². The summed E-state index contributed by atoms with van der Waals surface area (Å²) in [5.74, 6) is 0.906. The number of nitrogens with zero attached hydrogens (tertiary/aromatic N) is 4. The number of fused-ring (bicyclic) bond motifs is 1. The molecule has 2 rings (SSSR count). The Hall–Kier alpha value is -1.85. The Balaban J connectivity index is 2.80. The molecule has 0 fully saturated rings. The van der Waals surface area contributed by atoms with Gasteiger partial charge in [0.2, 0.25) is 5.95 Å². The first-order chi connectivity index (χ1) is 6.22. The maximum atomic E-state index is 5.68. The standard InChI is InChI=1S/C7H10N6/c1-9-7-11-5(8)4-6(12-7)13(2)3-10-4/h3H,1-2H3,(H3,8,9,11,12). The monoisotopic (exact) mass is 178 g/mol. The molecule has 0 saturated carbocycles. The van der Waals surface area contributed by atoms with Crippen LogP contribution in [0.5, 0.6) is 0 Å². The second kappa shape index (κ2) is 2.58. The molecule has 13 heavy (non-hydrogen) atoms. The van der Waals surface area contributed by atoms with Crippen LogP contribution in [-0.4, -0.2) is 26.6 Å². The minimum atomic E-state index is 0.398. The molecule has 0 aromatic carbocycles. The molecule has 0 bridgehead atoms. The summed E-state index contributed by atoms with van der Waals surface area (Å²) >= 11 is 0. The fourth-order valence-corrected chi connectivity index (χ4v) is 1.14. The van der Waals surface area contributed by atoms with Crippen LogP contribution in [0.2, 0.25) is 0 Å². The third-order valence-electron chi connectivity index (χ3n) is 1.81. The van der Waals surface area contributed by atoms with E-state index in [0.717, 1.165) is 5.65 Å². The highest BCUT2D eigenvalue weighted by Gasteiger charge is 2.07. The van der Waals surface area contributed by atoms with Crippen molar-refractivity contribution in [1.82, 2.24) is 19.5 Å². The number of anilines is 2. The van der Waals surface area contributed by atoms with Gasteiger partial charge in [-0.25, -0.2) is 4.98 Å². The van der Waals surface area contributed by atoms with Crippen molar-refractivity contribution in [3.8, 4) is 0 Å². The Morgan fingerprint density at radius 3 is 2.92 bits per heavy atom. The Kier molecular flexibility index (Phi) is 1.54. The number of rotatable bonds is 1. The van der Waals surface area contributed by atoms with Gasteiger partial charge in [0, 0.05) is 14.1 Å². The number of nitrogens with one attached hydrogen (secondary N) is 1. The summed E-state index contributed by atoms with van der Waals surface area (Å²) < 4.78 is 1.80. The number of hydrogen-bond acceptors (Lipinski definition) is 5. The van der Waals surface area contributed by atoms with Gasteiger partial charge in [0.15, 0.2) is 11.5 Å². The number of imidazole rings is 1. The van der Waals surface area contributed by atoms with E-state index in [2.05, 4.69) is 20.3 Å². The molecule has 6 nitrogen and oxygen atoms in total. The number of aryl methyl sites for hydroxylation is 1. The van der Waals surface area contributed by atoms with Gasteiger partial charge in [0.1, 0.15) is 5.52 Å². The fraction of sp³-hybridized carbons (Fsp3) is 0.286. The van der Waals surface area contributed by atoms with Crippen molar-refractivity contribution >= 4 is 22.9 Å². The second-order valence-electron chi connectivity index (χ2n) is 2.71. The van der Waals surface area contributed by atoms with Gasteiger partial charge < -0.3 is 15.6 Å². The van der Waals surface area contributed by atoms with Gasteiger partial charge in [0.25, 0.3) is 0 Å². The molecule has 0 unspecified atom stereocenters. The van der Waals surface area contributed by atoms with Gasteiger partial charge in [-0.3, -0.25) is 0 Å². The largest absolute Gasteiger partial charge is 0.382 e. The SMILES string of the molecule is CNc1nc(N)c2ncn(C)c2n1. The number of nitrogen functional groups attached to an aromatic ring is 1. The lowest BCUT2D eigenvalue weighted by molar-refractivity contribution is 0.929. The maximum absolute atomic E-state index is 5.68. The molecule has 3 N–H and O–H groups in total. The van der Waals surface area contributed by atoms with Gasteiger partial charge in [-0.1, -0.05) is 0 Å². The van der Waals surface area contributed by atoms with E-state index < -0.39 is 0 Å². The van der Waals surface area contributed by atoms with E-state index in [1.807, 2.05) is 7.05 Å². The van der Waals surface area contributed by atoms with Gasteiger partial charge in [-0.2, -0.15) is 9.97 Å². The van der Waals surface area contributed by atoms with Crippen LogP contribution in [-0.2, 0) is 7.05 Å². The van der Waals surface area contributed by atoms with Gasteiger partial charge in [-0.05, 0) is 0 Å². The highest BCUT2D eigenvalue weighted by Crippen LogP contribution is 2.16. The predicted octanol–water partition coefficient (Wildman–Crippen LogP) is -0.0128. The van der Waals surface area contributed by atoms with Crippen LogP contribution in [0.1, 0.15) is 0 Å². The highest BCUT2D eigenvalue weighted by atomic mass is 15.2. The molecule has 0 saturated heterocycles. The summed E-state index contributed by atoms with van der Waals surface area (Å²) in [5.41, 5.74) is 7.05. The van der Waals surface area contributed by atoms with Crippen molar-refractivity contribution in [2.75, 3.05) is 18.1 Å². The zero-order chi connectivity index (χ0) is 9.42. The Labute approximate surface area is 74.8 Å². The minimum absolute atomic E-state index is 0.398. The summed E-state index contributed by atoms with van der Waals surface area (Å²) in [5, 5.41) is 2.83. The molecule has 0 aliphatic carbocycles. The first-order valence-corrected chi connectivity index (χ1v) is 3.84. The van der Waals surface area contributed by atoms with Crippen molar-refractivity contribution in [3.05, 3.63) is 6.33 Å². The van der Waals surface area contributed by atoms with Crippen molar-refractivity contribution in [2.45, 2.75) is 0 Å². The van der Waals surface area contributed by atoms with Crippen molar-refractivity contribution in [1.29, 1.82) is 0 Å². The molecule has 0 radical (unpaired) electrons. The molecule has 6 heteroatoms. The smallest absolute Gasteiger partial charge is 0.226 e. The van der Waals surface area contributed by atoms with E-state index in [-0.39, 0.29) is 0 Å². The van der Waals surface area contributed by atoms with Gasteiger partial charge >= 0.3 is 0 Å². The van der Waals surface area contributed by atoms with E-state index in [9.17, 15) is 0 Å². The zero-order valence-corrected chi connectivity index (χ0v) is 7.44. The van der Waals surface area contributed by atoms with E-state index in [0.29, 0.717) is 17.3 Å². The Morgan fingerprint density at radius 2 is 2.23 bits per heavy atom. The molecule has 0 aliphatic heterocycles. The molecule has 2 aromatic rings. The van der Waals surface area contributed by atoms with Crippen LogP contribution in [0.25, 0.3) is 11.2 Å². The molecular formula is C7H10N6. The Morgan fingerprint density at radius 1 is 1.46 bits per heavy atom. The summed E-state index contributed by atoms with van der Waals surface area (Å²) in [6, 6.07) is 0. The molecule has 0 atom stereocenters. The molecule has 2 heterocycles. The lowest BCUT2D eigenvalue weighted by Gasteiger charge is -2.00. The summed E-state index contributed by atoms with van der Waals surface area (Å²) in [6.07, 6.45) is 1.66. The predicted molar refractivity (Wildman–Crippen MR) is 50.3 cm³/mol. The van der Waals surface area contributed by atoms with Crippen molar-refractivity contribution < 1.29 is 0 Å².